The second kappa shape index (κ2) is 3.37. The SMILES string of the molecule is COc1ccc2c(c1)[C@@H](C)Cc1cnoc1-2. The summed E-state index contributed by atoms with van der Waals surface area (Å²) in [6.07, 6.45) is 2.80. The van der Waals surface area contributed by atoms with E-state index in [4.69, 9.17) is 9.26 Å². The topological polar surface area (TPSA) is 35.3 Å². The molecule has 1 heterocycles. The van der Waals surface area contributed by atoms with E-state index in [0.717, 1.165) is 23.5 Å². The van der Waals surface area contributed by atoms with Gasteiger partial charge >= 0.3 is 0 Å². The van der Waals surface area contributed by atoms with Crippen LogP contribution in [0, 0.1) is 0 Å². The Hall–Kier alpha value is -1.77. The number of aromatic nitrogens is 1. The molecule has 16 heavy (non-hydrogen) atoms. The van der Waals surface area contributed by atoms with E-state index in [2.05, 4.69) is 18.1 Å². The van der Waals surface area contributed by atoms with Crippen LogP contribution in [-0.4, -0.2) is 12.3 Å². The molecule has 2 aromatic rings. The standard InChI is InChI=1S/C13H13NO2/c1-8-5-9-7-14-16-13(9)11-4-3-10(15-2)6-12(8)11/h3-4,6-8H,5H2,1-2H3/t8-/m0/s1. The number of nitrogens with zero attached hydrogens (tertiary/aromatic N) is 1. The maximum atomic E-state index is 5.31. The summed E-state index contributed by atoms with van der Waals surface area (Å²) in [5.74, 6) is 2.29. The molecule has 0 unspecified atom stereocenters. The Morgan fingerprint density at radius 1 is 1.44 bits per heavy atom. The van der Waals surface area contributed by atoms with Crippen molar-refractivity contribution in [3.63, 3.8) is 0 Å². The number of hydrogen-bond acceptors (Lipinski definition) is 3. The first-order chi connectivity index (χ1) is 7.79. The van der Waals surface area contributed by atoms with Gasteiger partial charge in [-0.3, -0.25) is 0 Å². The van der Waals surface area contributed by atoms with E-state index in [1.807, 2.05) is 18.3 Å². The summed E-state index contributed by atoms with van der Waals surface area (Å²) in [6.45, 7) is 2.22. The molecular formula is C13H13NO2. The molecule has 3 nitrogen and oxygen atoms in total. The Morgan fingerprint density at radius 2 is 2.31 bits per heavy atom. The number of methoxy groups -OCH3 is 1. The highest BCUT2D eigenvalue weighted by molar-refractivity contribution is 5.69. The maximum absolute atomic E-state index is 5.31. The highest BCUT2D eigenvalue weighted by atomic mass is 16.5. The highest BCUT2D eigenvalue weighted by Crippen LogP contribution is 2.40. The average molecular weight is 215 g/mol. The van der Waals surface area contributed by atoms with E-state index in [9.17, 15) is 0 Å². The van der Waals surface area contributed by atoms with Crippen molar-refractivity contribution in [3.05, 3.63) is 35.5 Å². The Morgan fingerprint density at radius 3 is 3.12 bits per heavy atom. The number of ether oxygens (including phenoxy) is 1. The van der Waals surface area contributed by atoms with Gasteiger partial charge in [-0.15, -0.1) is 0 Å². The van der Waals surface area contributed by atoms with Crippen molar-refractivity contribution in [2.24, 2.45) is 0 Å². The largest absolute Gasteiger partial charge is 0.497 e. The lowest BCUT2D eigenvalue weighted by Gasteiger charge is -2.21. The third-order valence-electron chi connectivity index (χ3n) is 3.20. The highest BCUT2D eigenvalue weighted by Gasteiger charge is 2.25. The molecule has 0 radical (unpaired) electrons. The molecule has 0 spiro atoms. The van der Waals surface area contributed by atoms with Crippen LogP contribution in [0.15, 0.2) is 28.9 Å². The van der Waals surface area contributed by atoms with Gasteiger partial charge < -0.3 is 9.26 Å². The molecule has 3 heteroatoms. The average Bonchev–Trinajstić information content (AvgIpc) is 2.77. The summed E-state index contributed by atoms with van der Waals surface area (Å²) in [7, 11) is 1.69. The summed E-state index contributed by atoms with van der Waals surface area (Å²) in [6, 6.07) is 6.10. The predicted octanol–water partition coefficient (Wildman–Crippen LogP) is 3.01. The van der Waals surface area contributed by atoms with Crippen molar-refractivity contribution in [2.45, 2.75) is 19.3 Å². The second-order valence-electron chi connectivity index (χ2n) is 4.24. The first kappa shape index (κ1) is 9.46. The van der Waals surface area contributed by atoms with Crippen molar-refractivity contribution in [1.29, 1.82) is 0 Å². The monoisotopic (exact) mass is 215 g/mol. The fraction of sp³-hybridized carbons (Fsp3) is 0.308. The minimum atomic E-state index is 0.483. The Bertz CT molecular complexity index is 530. The lowest BCUT2D eigenvalue weighted by Crippen LogP contribution is -2.06. The quantitative estimate of drug-likeness (QED) is 0.733. The molecule has 0 fully saturated rings. The Kier molecular flexibility index (Phi) is 1.99. The third kappa shape index (κ3) is 1.24. The van der Waals surface area contributed by atoms with Crippen LogP contribution in [-0.2, 0) is 6.42 Å². The van der Waals surface area contributed by atoms with Gasteiger partial charge in [0.15, 0.2) is 5.76 Å². The number of fused-ring (bicyclic) bond motifs is 3. The van der Waals surface area contributed by atoms with Gasteiger partial charge in [-0.05, 0) is 36.1 Å². The molecule has 1 aromatic carbocycles. The summed E-state index contributed by atoms with van der Waals surface area (Å²) in [5, 5.41) is 3.87. The zero-order valence-corrected chi connectivity index (χ0v) is 9.36. The van der Waals surface area contributed by atoms with Gasteiger partial charge in [0.1, 0.15) is 5.75 Å². The van der Waals surface area contributed by atoms with Crippen LogP contribution in [0.25, 0.3) is 11.3 Å². The molecule has 0 amide bonds. The van der Waals surface area contributed by atoms with E-state index in [1.54, 1.807) is 7.11 Å². The van der Waals surface area contributed by atoms with E-state index in [-0.39, 0.29) is 0 Å². The smallest absolute Gasteiger partial charge is 0.170 e. The molecule has 0 saturated carbocycles. The van der Waals surface area contributed by atoms with Crippen molar-refractivity contribution in [1.82, 2.24) is 5.16 Å². The Labute approximate surface area is 94.0 Å². The first-order valence-corrected chi connectivity index (χ1v) is 5.41. The zero-order chi connectivity index (χ0) is 11.1. The van der Waals surface area contributed by atoms with Crippen LogP contribution in [0.5, 0.6) is 5.75 Å². The molecule has 0 N–H and O–H groups in total. The summed E-state index contributed by atoms with van der Waals surface area (Å²) in [4.78, 5) is 0. The van der Waals surface area contributed by atoms with Crippen LogP contribution >= 0.6 is 0 Å². The van der Waals surface area contributed by atoms with Crippen LogP contribution in [0.3, 0.4) is 0 Å². The van der Waals surface area contributed by atoms with Crippen molar-refractivity contribution < 1.29 is 9.26 Å². The van der Waals surface area contributed by atoms with E-state index in [0.29, 0.717) is 5.92 Å². The van der Waals surface area contributed by atoms with E-state index < -0.39 is 0 Å². The molecule has 1 atom stereocenters. The fourth-order valence-corrected chi connectivity index (χ4v) is 2.35. The summed E-state index contributed by atoms with van der Waals surface area (Å²) < 4.78 is 10.6. The van der Waals surface area contributed by atoms with Crippen molar-refractivity contribution >= 4 is 0 Å². The normalized spacial score (nSPS) is 17.8. The molecule has 3 rings (SSSR count). The molecule has 1 aliphatic rings. The number of hydrogen-bond donors (Lipinski definition) is 0. The molecule has 1 aromatic heterocycles. The summed E-state index contributed by atoms with van der Waals surface area (Å²) in [5.41, 5.74) is 3.63. The predicted molar refractivity (Wildman–Crippen MR) is 60.6 cm³/mol. The van der Waals surface area contributed by atoms with Gasteiger partial charge in [0.2, 0.25) is 0 Å². The molecule has 82 valence electrons. The van der Waals surface area contributed by atoms with Crippen molar-refractivity contribution in [2.75, 3.05) is 7.11 Å². The van der Waals surface area contributed by atoms with Crippen LogP contribution in [0.1, 0.15) is 24.0 Å². The molecule has 0 bridgehead atoms. The molecule has 0 saturated heterocycles. The fourth-order valence-electron chi connectivity index (χ4n) is 2.35. The van der Waals surface area contributed by atoms with Gasteiger partial charge in [-0.1, -0.05) is 12.1 Å². The molecule has 0 aliphatic heterocycles. The van der Waals surface area contributed by atoms with Gasteiger partial charge in [0, 0.05) is 11.1 Å². The van der Waals surface area contributed by atoms with Gasteiger partial charge in [-0.25, -0.2) is 0 Å². The van der Waals surface area contributed by atoms with Crippen LogP contribution in [0.2, 0.25) is 0 Å². The first-order valence-electron chi connectivity index (χ1n) is 5.41. The number of rotatable bonds is 1. The molecular weight excluding hydrogens is 202 g/mol. The second-order valence-corrected chi connectivity index (χ2v) is 4.24. The van der Waals surface area contributed by atoms with E-state index in [1.165, 1.54) is 11.1 Å². The lowest BCUT2D eigenvalue weighted by molar-refractivity contribution is 0.412. The maximum Gasteiger partial charge on any atom is 0.170 e. The lowest BCUT2D eigenvalue weighted by atomic mass is 9.83. The van der Waals surface area contributed by atoms with Crippen molar-refractivity contribution in [3.8, 4) is 17.1 Å². The minimum Gasteiger partial charge on any atom is -0.497 e. The minimum absolute atomic E-state index is 0.483. The summed E-state index contributed by atoms with van der Waals surface area (Å²) >= 11 is 0. The van der Waals surface area contributed by atoms with Gasteiger partial charge in [0.25, 0.3) is 0 Å². The zero-order valence-electron chi connectivity index (χ0n) is 9.36. The van der Waals surface area contributed by atoms with Crippen LogP contribution < -0.4 is 4.74 Å². The third-order valence-corrected chi connectivity index (χ3v) is 3.20. The van der Waals surface area contributed by atoms with Crippen LogP contribution in [0.4, 0.5) is 0 Å². The number of benzene rings is 1. The van der Waals surface area contributed by atoms with E-state index >= 15 is 0 Å². The van der Waals surface area contributed by atoms with Gasteiger partial charge in [0.05, 0.1) is 13.3 Å². The van der Waals surface area contributed by atoms with Gasteiger partial charge in [-0.2, -0.15) is 0 Å². The Balaban J connectivity index is 2.21. The molecule has 1 aliphatic carbocycles.